The van der Waals surface area contributed by atoms with Gasteiger partial charge in [-0.15, -0.1) is 0 Å². The van der Waals surface area contributed by atoms with E-state index in [1.165, 1.54) is 0 Å². The summed E-state index contributed by atoms with van der Waals surface area (Å²) in [5.41, 5.74) is 1.50. The average molecular weight is 286 g/mol. The Labute approximate surface area is 125 Å². The first-order valence-electron chi connectivity index (χ1n) is 7.58. The number of allylic oxidation sites excluding steroid dienone is 1. The number of carboxylic acids is 1. The van der Waals surface area contributed by atoms with E-state index in [0.717, 1.165) is 37.7 Å². The molecule has 0 atom stereocenters. The minimum atomic E-state index is -0.731. The van der Waals surface area contributed by atoms with Gasteiger partial charge in [-0.2, -0.15) is 0 Å². The van der Waals surface area contributed by atoms with E-state index in [1.54, 1.807) is 0 Å². The molecule has 1 aromatic carbocycles. The molecule has 0 bridgehead atoms. The Morgan fingerprint density at radius 2 is 1.71 bits per heavy atom. The van der Waals surface area contributed by atoms with Crippen molar-refractivity contribution in [1.82, 2.24) is 0 Å². The molecular weight excluding hydrogens is 264 g/mol. The summed E-state index contributed by atoms with van der Waals surface area (Å²) in [4.78, 5) is 23.1. The maximum absolute atomic E-state index is 12.5. The second-order valence-corrected chi connectivity index (χ2v) is 5.86. The van der Waals surface area contributed by atoms with Gasteiger partial charge in [-0.1, -0.05) is 36.9 Å². The Hall–Kier alpha value is -1.90. The van der Waals surface area contributed by atoms with Crippen LogP contribution >= 0.6 is 0 Å². The largest absolute Gasteiger partial charge is 0.481 e. The van der Waals surface area contributed by atoms with E-state index in [2.05, 4.69) is 6.58 Å². The number of carbonyl (C=O) groups excluding carboxylic acids is 1. The predicted octanol–water partition coefficient (Wildman–Crippen LogP) is 3.94. The van der Waals surface area contributed by atoms with E-state index in [4.69, 9.17) is 5.11 Å². The number of carbonyl (C=O) groups is 2. The van der Waals surface area contributed by atoms with E-state index in [1.807, 2.05) is 30.3 Å². The van der Waals surface area contributed by atoms with Crippen LogP contribution in [0.25, 0.3) is 5.57 Å². The molecule has 112 valence electrons. The molecule has 0 amide bonds. The summed E-state index contributed by atoms with van der Waals surface area (Å²) in [5.74, 6) is -0.0718. The summed E-state index contributed by atoms with van der Waals surface area (Å²) >= 11 is 0. The molecule has 1 saturated carbocycles. The van der Waals surface area contributed by atoms with Gasteiger partial charge in [0.2, 0.25) is 0 Å². The van der Waals surface area contributed by atoms with Gasteiger partial charge in [0, 0.05) is 17.9 Å². The fourth-order valence-corrected chi connectivity index (χ4v) is 3.07. The topological polar surface area (TPSA) is 54.4 Å². The standard InChI is InChI=1S/C18H22O3/c1-13(15-5-3-2-4-6-15)18(21)16-10-7-14(8-11-16)9-12-17(19)20/h2-6,14,16H,1,7-12H2,(H,19,20). The molecule has 1 aliphatic carbocycles. The van der Waals surface area contributed by atoms with Crippen molar-refractivity contribution in [2.24, 2.45) is 11.8 Å². The van der Waals surface area contributed by atoms with Crippen molar-refractivity contribution in [1.29, 1.82) is 0 Å². The van der Waals surface area contributed by atoms with Crippen LogP contribution in [-0.4, -0.2) is 16.9 Å². The van der Waals surface area contributed by atoms with Crippen molar-refractivity contribution in [3.8, 4) is 0 Å². The van der Waals surface area contributed by atoms with Crippen LogP contribution in [0.4, 0.5) is 0 Å². The van der Waals surface area contributed by atoms with Crippen molar-refractivity contribution in [2.45, 2.75) is 38.5 Å². The predicted molar refractivity (Wildman–Crippen MR) is 82.8 cm³/mol. The zero-order valence-corrected chi connectivity index (χ0v) is 12.3. The van der Waals surface area contributed by atoms with Crippen molar-refractivity contribution in [3.63, 3.8) is 0 Å². The highest BCUT2D eigenvalue weighted by Crippen LogP contribution is 2.34. The van der Waals surface area contributed by atoms with Crippen molar-refractivity contribution in [3.05, 3.63) is 42.5 Å². The van der Waals surface area contributed by atoms with Crippen LogP contribution in [0.3, 0.4) is 0 Å². The Morgan fingerprint density at radius 3 is 2.29 bits per heavy atom. The molecule has 0 heterocycles. The number of hydrogen-bond acceptors (Lipinski definition) is 2. The normalized spacial score (nSPS) is 21.7. The van der Waals surface area contributed by atoms with E-state index in [-0.39, 0.29) is 18.1 Å². The van der Waals surface area contributed by atoms with E-state index in [9.17, 15) is 9.59 Å². The molecule has 0 aromatic heterocycles. The lowest BCUT2D eigenvalue weighted by Crippen LogP contribution is -2.22. The summed E-state index contributed by atoms with van der Waals surface area (Å²) in [6.07, 6.45) is 4.58. The van der Waals surface area contributed by atoms with Gasteiger partial charge in [-0.25, -0.2) is 0 Å². The lowest BCUT2D eigenvalue weighted by atomic mass is 9.76. The molecule has 3 nitrogen and oxygen atoms in total. The molecule has 0 spiro atoms. The number of hydrogen-bond donors (Lipinski definition) is 1. The van der Waals surface area contributed by atoms with Gasteiger partial charge >= 0.3 is 5.97 Å². The molecule has 1 aromatic rings. The molecular formula is C18H22O3. The van der Waals surface area contributed by atoms with Crippen LogP contribution in [-0.2, 0) is 9.59 Å². The first-order chi connectivity index (χ1) is 10.1. The molecule has 0 aliphatic heterocycles. The maximum Gasteiger partial charge on any atom is 0.303 e. The smallest absolute Gasteiger partial charge is 0.303 e. The zero-order valence-electron chi connectivity index (χ0n) is 12.3. The third-order valence-corrected chi connectivity index (χ3v) is 4.40. The quantitative estimate of drug-likeness (QED) is 0.806. The van der Waals surface area contributed by atoms with Crippen LogP contribution in [0.5, 0.6) is 0 Å². The summed E-state index contributed by atoms with van der Waals surface area (Å²) in [6.45, 7) is 3.95. The van der Waals surface area contributed by atoms with Gasteiger partial charge in [-0.3, -0.25) is 9.59 Å². The van der Waals surface area contributed by atoms with Crippen molar-refractivity contribution >= 4 is 17.3 Å². The highest BCUT2D eigenvalue weighted by Gasteiger charge is 2.27. The second-order valence-electron chi connectivity index (χ2n) is 5.86. The zero-order chi connectivity index (χ0) is 15.2. The monoisotopic (exact) mass is 286 g/mol. The Bertz CT molecular complexity index is 511. The fraction of sp³-hybridized carbons (Fsp3) is 0.444. The second kappa shape index (κ2) is 7.21. The average Bonchev–Trinajstić information content (AvgIpc) is 2.53. The summed E-state index contributed by atoms with van der Waals surface area (Å²) in [6, 6.07) is 9.58. The molecule has 1 aliphatic rings. The molecule has 0 radical (unpaired) electrons. The number of ketones is 1. The molecule has 21 heavy (non-hydrogen) atoms. The minimum absolute atomic E-state index is 0.0544. The summed E-state index contributed by atoms with van der Waals surface area (Å²) in [7, 11) is 0. The van der Waals surface area contributed by atoms with Gasteiger partial charge in [-0.05, 0) is 43.6 Å². The lowest BCUT2D eigenvalue weighted by molar-refractivity contribution is -0.137. The minimum Gasteiger partial charge on any atom is -0.481 e. The van der Waals surface area contributed by atoms with E-state index >= 15 is 0 Å². The number of carboxylic acid groups (broad SMARTS) is 1. The first kappa shape index (κ1) is 15.5. The molecule has 1 fully saturated rings. The Morgan fingerprint density at radius 1 is 1.10 bits per heavy atom. The van der Waals surface area contributed by atoms with E-state index < -0.39 is 5.97 Å². The highest BCUT2D eigenvalue weighted by molar-refractivity contribution is 6.20. The first-order valence-corrected chi connectivity index (χ1v) is 7.58. The molecule has 3 heteroatoms. The van der Waals surface area contributed by atoms with E-state index in [0.29, 0.717) is 11.5 Å². The molecule has 2 rings (SSSR count). The maximum atomic E-state index is 12.5. The summed E-state index contributed by atoms with van der Waals surface area (Å²) < 4.78 is 0. The Kier molecular flexibility index (Phi) is 5.32. The fourth-order valence-electron chi connectivity index (χ4n) is 3.07. The highest BCUT2D eigenvalue weighted by atomic mass is 16.4. The van der Waals surface area contributed by atoms with Gasteiger partial charge in [0.1, 0.15) is 0 Å². The van der Waals surface area contributed by atoms with Crippen molar-refractivity contribution in [2.75, 3.05) is 0 Å². The lowest BCUT2D eigenvalue weighted by Gasteiger charge is -2.27. The SMILES string of the molecule is C=C(C(=O)C1CCC(CCC(=O)O)CC1)c1ccccc1. The van der Waals surface area contributed by atoms with Crippen molar-refractivity contribution < 1.29 is 14.7 Å². The molecule has 0 saturated heterocycles. The third kappa shape index (κ3) is 4.28. The summed E-state index contributed by atoms with van der Waals surface area (Å²) in [5, 5.41) is 8.72. The number of rotatable bonds is 6. The third-order valence-electron chi connectivity index (χ3n) is 4.40. The number of aliphatic carboxylic acids is 1. The number of benzene rings is 1. The van der Waals surface area contributed by atoms with Gasteiger partial charge < -0.3 is 5.11 Å². The van der Waals surface area contributed by atoms with Gasteiger partial charge in [0.25, 0.3) is 0 Å². The van der Waals surface area contributed by atoms with Crippen LogP contribution < -0.4 is 0 Å². The number of Topliss-reactive ketones (excluding diaryl/α,β-unsaturated/α-hetero) is 1. The van der Waals surface area contributed by atoms with Crippen LogP contribution in [0.15, 0.2) is 36.9 Å². The molecule has 1 N–H and O–H groups in total. The van der Waals surface area contributed by atoms with Gasteiger partial charge in [0.05, 0.1) is 0 Å². The van der Waals surface area contributed by atoms with Crippen LogP contribution in [0, 0.1) is 11.8 Å². The molecule has 0 unspecified atom stereocenters. The van der Waals surface area contributed by atoms with Crippen LogP contribution in [0.2, 0.25) is 0 Å². The Balaban J connectivity index is 1.86. The van der Waals surface area contributed by atoms with Crippen LogP contribution in [0.1, 0.15) is 44.1 Å². The van der Waals surface area contributed by atoms with Gasteiger partial charge in [0.15, 0.2) is 5.78 Å².